The van der Waals surface area contributed by atoms with E-state index < -0.39 is 11.5 Å². The zero-order valence-corrected chi connectivity index (χ0v) is 13.0. The van der Waals surface area contributed by atoms with E-state index in [1.54, 1.807) is 50.2 Å². The van der Waals surface area contributed by atoms with Gasteiger partial charge in [-0.1, -0.05) is 13.0 Å². The summed E-state index contributed by atoms with van der Waals surface area (Å²) < 4.78 is 0. The van der Waals surface area contributed by atoms with E-state index in [-0.39, 0.29) is 12.2 Å². The summed E-state index contributed by atoms with van der Waals surface area (Å²) in [6, 6.07) is 13.4. The molecule has 1 unspecified atom stereocenters. The number of aryl methyl sites for hydroxylation is 1. The van der Waals surface area contributed by atoms with Crippen LogP contribution in [0.25, 0.3) is 0 Å². The molecule has 0 saturated heterocycles. The van der Waals surface area contributed by atoms with Gasteiger partial charge < -0.3 is 15.5 Å². The Morgan fingerprint density at radius 1 is 1.26 bits per heavy atom. The Labute approximate surface area is 134 Å². The number of phenolic OH excluding ortho intramolecular Hbond substituents is 1. The standard InChI is InChI=1S/C18H18N2O3/c1-3-18(17(22)23,14-8-12(2)9-16(21)10-14)20-15-6-4-13(11-19)5-7-15/h4-10,20-21H,3H2,1-2H3,(H,22,23). The van der Waals surface area contributed by atoms with Crippen molar-refractivity contribution in [1.29, 1.82) is 5.26 Å². The van der Waals surface area contributed by atoms with Gasteiger partial charge in [-0.05, 0) is 60.9 Å². The molecule has 0 radical (unpaired) electrons. The van der Waals surface area contributed by atoms with Crippen LogP contribution in [0.15, 0.2) is 42.5 Å². The number of aliphatic carboxylic acids is 1. The van der Waals surface area contributed by atoms with Crippen LogP contribution in [-0.4, -0.2) is 16.2 Å². The summed E-state index contributed by atoms with van der Waals surface area (Å²) >= 11 is 0. The number of carboxylic acid groups (broad SMARTS) is 1. The lowest BCUT2D eigenvalue weighted by molar-refractivity contribution is -0.142. The molecule has 1 atom stereocenters. The number of nitriles is 1. The van der Waals surface area contributed by atoms with E-state index in [1.807, 2.05) is 6.07 Å². The van der Waals surface area contributed by atoms with Gasteiger partial charge in [-0.25, -0.2) is 4.79 Å². The van der Waals surface area contributed by atoms with Gasteiger partial charge in [0, 0.05) is 5.69 Å². The number of phenols is 1. The highest BCUT2D eigenvalue weighted by Gasteiger charge is 2.39. The van der Waals surface area contributed by atoms with Gasteiger partial charge >= 0.3 is 5.97 Å². The number of nitrogens with zero attached hydrogens (tertiary/aromatic N) is 1. The van der Waals surface area contributed by atoms with Crippen molar-refractivity contribution in [2.45, 2.75) is 25.8 Å². The third-order valence-electron chi connectivity index (χ3n) is 3.82. The minimum atomic E-state index is -1.36. The van der Waals surface area contributed by atoms with Crippen LogP contribution in [0.5, 0.6) is 5.75 Å². The molecule has 0 saturated carbocycles. The van der Waals surface area contributed by atoms with Crippen molar-refractivity contribution in [3.8, 4) is 11.8 Å². The molecule has 0 aliphatic rings. The lowest BCUT2D eigenvalue weighted by atomic mass is 9.85. The molecule has 0 amide bonds. The van der Waals surface area contributed by atoms with Gasteiger partial charge in [-0.15, -0.1) is 0 Å². The molecule has 2 aromatic rings. The van der Waals surface area contributed by atoms with Crippen LogP contribution in [0.1, 0.15) is 30.0 Å². The Morgan fingerprint density at radius 2 is 1.91 bits per heavy atom. The topological polar surface area (TPSA) is 93.4 Å². The average molecular weight is 310 g/mol. The van der Waals surface area contributed by atoms with Crippen molar-refractivity contribution in [3.05, 3.63) is 59.2 Å². The molecule has 0 aliphatic heterocycles. The SMILES string of the molecule is CCC(Nc1ccc(C#N)cc1)(C(=O)O)c1cc(C)cc(O)c1. The van der Waals surface area contributed by atoms with Crippen molar-refractivity contribution >= 4 is 11.7 Å². The van der Waals surface area contributed by atoms with Gasteiger partial charge in [0.15, 0.2) is 5.54 Å². The van der Waals surface area contributed by atoms with Crippen molar-refractivity contribution < 1.29 is 15.0 Å². The highest BCUT2D eigenvalue weighted by molar-refractivity contribution is 5.85. The quantitative estimate of drug-likeness (QED) is 0.787. The van der Waals surface area contributed by atoms with E-state index in [4.69, 9.17) is 5.26 Å². The highest BCUT2D eigenvalue weighted by Crippen LogP contribution is 2.33. The number of anilines is 1. The van der Waals surface area contributed by atoms with Crippen molar-refractivity contribution in [2.24, 2.45) is 0 Å². The molecule has 0 fully saturated rings. The van der Waals surface area contributed by atoms with Crippen LogP contribution in [0.2, 0.25) is 0 Å². The zero-order valence-electron chi connectivity index (χ0n) is 13.0. The Balaban J connectivity index is 2.50. The van der Waals surface area contributed by atoms with Crippen LogP contribution < -0.4 is 5.32 Å². The first-order valence-electron chi connectivity index (χ1n) is 7.24. The first-order chi connectivity index (χ1) is 10.9. The van der Waals surface area contributed by atoms with Crippen molar-refractivity contribution in [3.63, 3.8) is 0 Å². The van der Waals surface area contributed by atoms with E-state index in [0.717, 1.165) is 5.56 Å². The van der Waals surface area contributed by atoms with Crippen LogP contribution in [-0.2, 0) is 10.3 Å². The number of aromatic hydroxyl groups is 1. The Kier molecular flexibility index (Phi) is 4.56. The van der Waals surface area contributed by atoms with Gasteiger partial charge in [0.1, 0.15) is 5.75 Å². The molecular weight excluding hydrogens is 292 g/mol. The second kappa shape index (κ2) is 6.41. The Hall–Kier alpha value is -3.00. The number of hydrogen-bond donors (Lipinski definition) is 3. The third kappa shape index (κ3) is 3.27. The number of hydrogen-bond acceptors (Lipinski definition) is 4. The average Bonchev–Trinajstić information content (AvgIpc) is 2.52. The smallest absolute Gasteiger partial charge is 0.334 e. The van der Waals surface area contributed by atoms with Crippen molar-refractivity contribution in [1.82, 2.24) is 0 Å². The maximum atomic E-state index is 12.0. The predicted molar refractivity (Wildman–Crippen MR) is 87.2 cm³/mol. The minimum Gasteiger partial charge on any atom is -0.508 e. The molecule has 5 heteroatoms. The largest absolute Gasteiger partial charge is 0.508 e. The number of nitrogens with one attached hydrogen (secondary N) is 1. The summed E-state index contributed by atoms with van der Waals surface area (Å²) in [5.74, 6) is -1.00. The summed E-state index contributed by atoms with van der Waals surface area (Å²) in [5.41, 5.74) is 0.989. The fourth-order valence-corrected chi connectivity index (χ4v) is 2.58. The first-order valence-corrected chi connectivity index (χ1v) is 7.24. The van der Waals surface area contributed by atoms with Gasteiger partial charge in [0.25, 0.3) is 0 Å². The van der Waals surface area contributed by atoms with Crippen LogP contribution in [0.3, 0.4) is 0 Å². The van der Waals surface area contributed by atoms with E-state index in [9.17, 15) is 15.0 Å². The molecule has 118 valence electrons. The first kappa shape index (κ1) is 16.4. The van der Waals surface area contributed by atoms with E-state index in [2.05, 4.69) is 5.32 Å². The lowest BCUT2D eigenvalue weighted by Crippen LogP contribution is -2.43. The van der Waals surface area contributed by atoms with Crippen LogP contribution in [0, 0.1) is 18.3 Å². The number of carbonyl (C=O) groups is 1. The van der Waals surface area contributed by atoms with Crippen LogP contribution >= 0.6 is 0 Å². The maximum Gasteiger partial charge on any atom is 0.334 e. The molecule has 3 N–H and O–H groups in total. The fraction of sp³-hybridized carbons (Fsp3) is 0.222. The Morgan fingerprint density at radius 3 is 2.39 bits per heavy atom. The number of carboxylic acids is 1. The predicted octanol–water partition coefficient (Wildman–Crippen LogP) is 3.37. The molecular formula is C18H18N2O3. The van der Waals surface area contributed by atoms with Crippen LogP contribution in [0.4, 0.5) is 5.69 Å². The van der Waals surface area contributed by atoms with Gasteiger partial charge in [-0.3, -0.25) is 0 Å². The summed E-state index contributed by atoms with van der Waals surface area (Å²) in [6.07, 6.45) is 0.283. The van der Waals surface area contributed by atoms with E-state index in [0.29, 0.717) is 16.8 Å². The molecule has 0 spiro atoms. The second-order valence-corrected chi connectivity index (χ2v) is 5.44. The second-order valence-electron chi connectivity index (χ2n) is 5.44. The molecule has 2 aromatic carbocycles. The highest BCUT2D eigenvalue weighted by atomic mass is 16.4. The van der Waals surface area contributed by atoms with Gasteiger partial charge in [-0.2, -0.15) is 5.26 Å². The summed E-state index contributed by atoms with van der Waals surface area (Å²) in [4.78, 5) is 12.0. The molecule has 0 heterocycles. The molecule has 23 heavy (non-hydrogen) atoms. The normalized spacial score (nSPS) is 12.9. The molecule has 2 rings (SSSR count). The van der Waals surface area contributed by atoms with E-state index >= 15 is 0 Å². The number of rotatable bonds is 5. The maximum absolute atomic E-state index is 12.0. The summed E-state index contributed by atoms with van der Waals surface area (Å²) in [7, 11) is 0. The van der Waals surface area contributed by atoms with E-state index in [1.165, 1.54) is 6.07 Å². The third-order valence-corrected chi connectivity index (χ3v) is 3.82. The lowest BCUT2D eigenvalue weighted by Gasteiger charge is -2.31. The Bertz CT molecular complexity index is 743. The minimum absolute atomic E-state index is 0.0284. The molecule has 0 aliphatic carbocycles. The summed E-state index contributed by atoms with van der Waals surface area (Å²) in [6.45, 7) is 3.57. The monoisotopic (exact) mass is 310 g/mol. The molecule has 0 bridgehead atoms. The van der Waals surface area contributed by atoms with Crippen molar-refractivity contribution in [2.75, 3.05) is 5.32 Å². The molecule has 0 aromatic heterocycles. The zero-order chi connectivity index (χ0) is 17.0. The van der Waals surface area contributed by atoms with Gasteiger partial charge in [0.2, 0.25) is 0 Å². The molecule has 5 nitrogen and oxygen atoms in total. The van der Waals surface area contributed by atoms with Gasteiger partial charge in [0.05, 0.1) is 11.6 Å². The number of benzene rings is 2. The summed E-state index contributed by atoms with van der Waals surface area (Å²) in [5, 5.41) is 31.5. The fourth-order valence-electron chi connectivity index (χ4n) is 2.58.